The van der Waals surface area contributed by atoms with Crippen LogP contribution >= 0.6 is 0 Å². The molecule has 3 N–H and O–H groups in total. The molecule has 0 saturated carbocycles. The van der Waals surface area contributed by atoms with Gasteiger partial charge in [-0.3, -0.25) is 0 Å². The van der Waals surface area contributed by atoms with Gasteiger partial charge in [-0.25, -0.2) is 4.98 Å². The van der Waals surface area contributed by atoms with Crippen molar-refractivity contribution in [1.82, 2.24) is 4.98 Å². The highest BCUT2D eigenvalue weighted by Crippen LogP contribution is 2.30. The number of nitrogens with one attached hydrogen (secondary N) is 1. The number of rotatable bonds is 3. The molecule has 0 aliphatic carbocycles. The van der Waals surface area contributed by atoms with E-state index in [1.807, 2.05) is 12.1 Å². The minimum absolute atomic E-state index is 0.478. The largest absolute Gasteiger partial charge is 0.384 e. The molecule has 0 aliphatic rings. The fraction of sp³-hybridized carbons (Fsp3) is 0.267. The van der Waals surface area contributed by atoms with Gasteiger partial charge >= 0.3 is 0 Å². The van der Waals surface area contributed by atoms with Crippen molar-refractivity contribution in [2.75, 3.05) is 11.1 Å². The Morgan fingerprint density at radius 2 is 2.00 bits per heavy atom. The predicted octanol–water partition coefficient (Wildman–Crippen LogP) is 3.84. The lowest BCUT2D eigenvalue weighted by molar-refractivity contribution is 0.867. The van der Waals surface area contributed by atoms with Crippen molar-refractivity contribution < 1.29 is 0 Å². The topological polar surface area (TPSA) is 50.9 Å². The molecule has 3 nitrogen and oxygen atoms in total. The van der Waals surface area contributed by atoms with Crippen molar-refractivity contribution in [3.8, 4) is 0 Å². The van der Waals surface area contributed by atoms with Crippen LogP contribution in [0.1, 0.15) is 30.9 Å². The van der Waals surface area contributed by atoms with Crippen molar-refractivity contribution in [3.05, 3.63) is 47.7 Å². The van der Waals surface area contributed by atoms with E-state index < -0.39 is 0 Å². The molecule has 1 heterocycles. The van der Waals surface area contributed by atoms with Crippen LogP contribution in [0.2, 0.25) is 0 Å². The van der Waals surface area contributed by atoms with Gasteiger partial charge in [-0.2, -0.15) is 0 Å². The van der Waals surface area contributed by atoms with Crippen molar-refractivity contribution in [3.63, 3.8) is 0 Å². The molecule has 2 aromatic rings. The Morgan fingerprint density at radius 1 is 1.22 bits per heavy atom. The quantitative estimate of drug-likeness (QED) is 0.858. The normalized spacial score (nSPS) is 10.7. The SMILES string of the molecule is Cc1cccc(C(C)C)c1Nc1ccnc(N)c1. The first-order valence-corrected chi connectivity index (χ1v) is 6.16. The van der Waals surface area contributed by atoms with E-state index in [1.165, 1.54) is 11.1 Å². The predicted molar refractivity (Wildman–Crippen MR) is 77.2 cm³/mol. The van der Waals surface area contributed by atoms with E-state index in [9.17, 15) is 0 Å². The van der Waals surface area contributed by atoms with Gasteiger partial charge in [-0.15, -0.1) is 0 Å². The summed E-state index contributed by atoms with van der Waals surface area (Å²) in [5.41, 5.74) is 10.4. The van der Waals surface area contributed by atoms with Gasteiger partial charge in [-0.1, -0.05) is 32.0 Å². The highest BCUT2D eigenvalue weighted by molar-refractivity contribution is 5.68. The number of para-hydroxylation sites is 1. The molecule has 0 unspecified atom stereocenters. The number of hydrogen-bond donors (Lipinski definition) is 2. The van der Waals surface area contributed by atoms with E-state index in [2.05, 4.69) is 49.3 Å². The summed E-state index contributed by atoms with van der Waals surface area (Å²) in [4.78, 5) is 4.00. The molecular weight excluding hydrogens is 222 g/mol. The number of pyridine rings is 1. The summed E-state index contributed by atoms with van der Waals surface area (Å²) in [5, 5.41) is 3.44. The van der Waals surface area contributed by atoms with Crippen LogP contribution in [0.4, 0.5) is 17.2 Å². The number of nitrogens with zero attached hydrogens (tertiary/aromatic N) is 1. The van der Waals surface area contributed by atoms with E-state index in [1.54, 1.807) is 6.20 Å². The molecule has 0 bridgehead atoms. The van der Waals surface area contributed by atoms with Crippen LogP contribution < -0.4 is 11.1 Å². The third-order valence-electron chi connectivity index (χ3n) is 2.98. The van der Waals surface area contributed by atoms with E-state index in [0.717, 1.165) is 11.4 Å². The van der Waals surface area contributed by atoms with Crippen LogP contribution in [0, 0.1) is 6.92 Å². The number of hydrogen-bond acceptors (Lipinski definition) is 3. The zero-order valence-electron chi connectivity index (χ0n) is 11.1. The van der Waals surface area contributed by atoms with Gasteiger partial charge in [-0.05, 0) is 30.0 Å². The second-order valence-corrected chi connectivity index (χ2v) is 4.79. The monoisotopic (exact) mass is 241 g/mol. The van der Waals surface area contributed by atoms with E-state index in [0.29, 0.717) is 11.7 Å². The Bertz CT molecular complexity index is 547. The van der Waals surface area contributed by atoms with Gasteiger partial charge in [0, 0.05) is 23.6 Å². The molecule has 0 atom stereocenters. The number of nitrogens with two attached hydrogens (primary N) is 1. The molecule has 18 heavy (non-hydrogen) atoms. The lowest BCUT2D eigenvalue weighted by atomic mass is 9.98. The van der Waals surface area contributed by atoms with E-state index in [-0.39, 0.29) is 0 Å². The average Bonchev–Trinajstić information content (AvgIpc) is 2.31. The van der Waals surface area contributed by atoms with Gasteiger partial charge in [0.05, 0.1) is 0 Å². The minimum atomic E-state index is 0.478. The second kappa shape index (κ2) is 5.08. The highest BCUT2D eigenvalue weighted by atomic mass is 14.9. The van der Waals surface area contributed by atoms with Crippen LogP contribution in [0.3, 0.4) is 0 Å². The van der Waals surface area contributed by atoms with Gasteiger partial charge in [0.25, 0.3) is 0 Å². The fourth-order valence-electron chi connectivity index (χ4n) is 2.01. The third-order valence-corrected chi connectivity index (χ3v) is 2.98. The lowest BCUT2D eigenvalue weighted by Gasteiger charge is -2.17. The Morgan fingerprint density at radius 3 is 2.67 bits per heavy atom. The molecule has 1 aromatic heterocycles. The Hall–Kier alpha value is -2.03. The van der Waals surface area contributed by atoms with Gasteiger partial charge in [0.15, 0.2) is 0 Å². The van der Waals surface area contributed by atoms with E-state index in [4.69, 9.17) is 5.73 Å². The number of anilines is 3. The smallest absolute Gasteiger partial charge is 0.125 e. The molecule has 94 valence electrons. The number of nitrogen functional groups attached to an aromatic ring is 1. The molecule has 3 heteroatoms. The summed E-state index contributed by atoms with van der Waals surface area (Å²) in [6, 6.07) is 10.1. The standard InChI is InChI=1S/C15H19N3/c1-10(2)13-6-4-5-11(3)15(13)18-12-7-8-17-14(16)9-12/h4-10H,1-3H3,(H3,16,17,18). The summed E-state index contributed by atoms with van der Waals surface area (Å²) in [6.45, 7) is 6.50. The van der Waals surface area contributed by atoms with Crippen molar-refractivity contribution in [2.45, 2.75) is 26.7 Å². The zero-order chi connectivity index (χ0) is 13.1. The lowest BCUT2D eigenvalue weighted by Crippen LogP contribution is -2.01. The Labute approximate surface area is 108 Å². The van der Waals surface area contributed by atoms with Crippen LogP contribution in [-0.2, 0) is 0 Å². The fourth-order valence-corrected chi connectivity index (χ4v) is 2.01. The molecule has 0 saturated heterocycles. The molecule has 0 spiro atoms. The summed E-state index contributed by atoms with van der Waals surface area (Å²) >= 11 is 0. The Balaban J connectivity index is 2.39. The van der Waals surface area contributed by atoms with Crippen molar-refractivity contribution >= 4 is 17.2 Å². The number of aryl methyl sites for hydroxylation is 1. The molecule has 0 fully saturated rings. The maximum atomic E-state index is 5.70. The molecule has 1 aromatic carbocycles. The van der Waals surface area contributed by atoms with Crippen molar-refractivity contribution in [2.24, 2.45) is 0 Å². The molecule has 0 aliphatic heterocycles. The summed E-state index contributed by atoms with van der Waals surface area (Å²) in [5.74, 6) is 1.01. The van der Waals surface area contributed by atoms with Crippen LogP contribution in [-0.4, -0.2) is 4.98 Å². The summed E-state index contributed by atoms with van der Waals surface area (Å²) in [6.07, 6.45) is 1.71. The maximum Gasteiger partial charge on any atom is 0.125 e. The van der Waals surface area contributed by atoms with Crippen LogP contribution in [0.15, 0.2) is 36.5 Å². The summed E-state index contributed by atoms with van der Waals surface area (Å²) < 4.78 is 0. The second-order valence-electron chi connectivity index (χ2n) is 4.79. The minimum Gasteiger partial charge on any atom is -0.384 e. The Kier molecular flexibility index (Phi) is 3.51. The molecular formula is C15H19N3. The first kappa shape index (κ1) is 12.4. The average molecular weight is 241 g/mol. The van der Waals surface area contributed by atoms with E-state index >= 15 is 0 Å². The molecule has 0 amide bonds. The maximum absolute atomic E-state index is 5.70. The third kappa shape index (κ3) is 2.62. The molecule has 2 rings (SSSR count). The molecule has 0 radical (unpaired) electrons. The zero-order valence-corrected chi connectivity index (χ0v) is 11.1. The van der Waals surface area contributed by atoms with Crippen LogP contribution in [0.5, 0.6) is 0 Å². The first-order chi connectivity index (χ1) is 8.58. The number of benzene rings is 1. The van der Waals surface area contributed by atoms with Crippen LogP contribution in [0.25, 0.3) is 0 Å². The van der Waals surface area contributed by atoms with Gasteiger partial charge in [0.1, 0.15) is 5.82 Å². The first-order valence-electron chi connectivity index (χ1n) is 6.16. The number of aromatic nitrogens is 1. The highest BCUT2D eigenvalue weighted by Gasteiger charge is 2.09. The van der Waals surface area contributed by atoms with Gasteiger partial charge in [0.2, 0.25) is 0 Å². The van der Waals surface area contributed by atoms with Crippen molar-refractivity contribution in [1.29, 1.82) is 0 Å². The van der Waals surface area contributed by atoms with Gasteiger partial charge < -0.3 is 11.1 Å². The summed E-state index contributed by atoms with van der Waals surface area (Å²) in [7, 11) is 0.